The third kappa shape index (κ3) is 1.58. The molecule has 0 aliphatic carbocycles. The third-order valence-electron chi connectivity index (χ3n) is 2.60. The fourth-order valence-corrected chi connectivity index (χ4v) is 1.89. The number of hydrogen-bond acceptors (Lipinski definition) is 4. The van der Waals surface area contributed by atoms with E-state index in [-0.39, 0.29) is 5.92 Å². The van der Waals surface area contributed by atoms with Crippen molar-refractivity contribution in [1.29, 1.82) is 0 Å². The zero-order valence-corrected chi connectivity index (χ0v) is 9.98. The number of aryl methyl sites for hydroxylation is 2. The van der Waals surface area contributed by atoms with E-state index in [4.69, 9.17) is 10.3 Å². The van der Waals surface area contributed by atoms with E-state index in [2.05, 4.69) is 24.1 Å². The highest BCUT2D eigenvalue weighted by Gasteiger charge is 2.20. The van der Waals surface area contributed by atoms with E-state index >= 15 is 0 Å². The number of aromatic nitrogens is 3. The van der Waals surface area contributed by atoms with Crippen molar-refractivity contribution in [3.63, 3.8) is 0 Å². The second-order valence-corrected chi connectivity index (χ2v) is 4.27. The van der Waals surface area contributed by atoms with Crippen molar-refractivity contribution in [3.8, 4) is 11.3 Å². The van der Waals surface area contributed by atoms with E-state index in [0.717, 1.165) is 22.5 Å². The second-order valence-electron chi connectivity index (χ2n) is 4.27. The lowest BCUT2D eigenvalue weighted by Crippen LogP contribution is -1.94. The lowest BCUT2D eigenvalue weighted by molar-refractivity contribution is 0.438. The van der Waals surface area contributed by atoms with Crippen LogP contribution in [0.3, 0.4) is 0 Å². The molecule has 86 valence electrons. The van der Waals surface area contributed by atoms with E-state index in [1.165, 1.54) is 0 Å². The SMILES string of the molecule is Cc1nn(C)cc1-c1noc(N)c1C(C)C. The first kappa shape index (κ1) is 10.7. The van der Waals surface area contributed by atoms with Gasteiger partial charge in [0.2, 0.25) is 5.88 Å². The zero-order chi connectivity index (χ0) is 11.9. The molecule has 0 unspecified atom stereocenters. The highest BCUT2D eigenvalue weighted by Crippen LogP contribution is 2.33. The Balaban J connectivity index is 2.60. The molecule has 0 aliphatic rings. The predicted octanol–water partition coefficient (Wildman–Crippen LogP) is 2.09. The molecule has 2 heterocycles. The minimum atomic E-state index is 0.279. The molecule has 0 saturated heterocycles. The lowest BCUT2D eigenvalue weighted by Gasteiger charge is -2.03. The molecule has 2 rings (SSSR count). The van der Waals surface area contributed by atoms with Gasteiger partial charge in [0.25, 0.3) is 0 Å². The Bertz CT molecular complexity index is 510. The number of anilines is 1. The molecule has 0 bridgehead atoms. The lowest BCUT2D eigenvalue weighted by atomic mass is 9.99. The van der Waals surface area contributed by atoms with Crippen molar-refractivity contribution in [2.24, 2.45) is 7.05 Å². The minimum Gasteiger partial charge on any atom is -0.367 e. The van der Waals surface area contributed by atoms with Gasteiger partial charge in [0.05, 0.1) is 5.69 Å². The summed E-state index contributed by atoms with van der Waals surface area (Å²) in [6.45, 7) is 6.08. The van der Waals surface area contributed by atoms with Crippen LogP contribution >= 0.6 is 0 Å². The molecule has 2 N–H and O–H groups in total. The fraction of sp³-hybridized carbons (Fsp3) is 0.455. The Kier molecular flexibility index (Phi) is 2.46. The van der Waals surface area contributed by atoms with Crippen LogP contribution in [0.15, 0.2) is 10.7 Å². The second kappa shape index (κ2) is 3.66. The molecule has 0 aromatic carbocycles. The van der Waals surface area contributed by atoms with Gasteiger partial charge in [-0.3, -0.25) is 4.68 Å². The van der Waals surface area contributed by atoms with Crippen LogP contribution in [0.4, 0.5) is 5.88 Å². The van der Waals surface area contributed by atoms with Gasteiger partial charge in [-0.25, -0.2) is 0 Å². The van der Waals surface area contributed by atoms with Crippen molar-refractivity contribution >= 4 is 5.88 Å². The van der Waals surface area contributed by atoms with Crippen LogP contribution in [-0.2, 0) is 7.05 Å². The highest BCUT2D eigenvalue weighted by molar-refractivity contribution is 5.69. The molecule has 0 radical (unpaired) electrons. The summed E-state index contributed by atoms with van der Waals surface area (Å²) in [6.07, 6.45) is 1.93. The van der Waals surface area contributed by atoms with E-state index in [0.29, 0.717) is 5.88 Å². The maximum atomic E-state index is 5.78. The van der Waals surface area contributed by atoms with Crippen molar-refractivity contribution in [3.05, 3.63) is 17.5 Å². The average molecular weight is 220 g/mol. The van der Waals surface area contributed by atoms with Gasteiger partial charge in [0.1, 0.15) is 5.69 Å². The van der Waals surface area contributed by atoms with Gasteiger partial charge in [-0.1, -0.05) is 19.0 Å². The number of nitrogen functional groups attached to an aromatic ring is 1. The number of rotatable bonds is 2. The topological polar surface area (TPSA) is 69.9 Å². The smallest absolute Gasteiger partial charge is 0.226 e. The van der Waals surface area contributed by atoms with Crippen molar-refractivity contribution in [1.82, 2.24) is 14.9 Å². The van der Waals surface area contributed by atoms with E-state index in [9.17, 15) is 0 Å². The molecule has 0 amide bonds. The summed E-state index contributed by atoms with van der Waals surface area (Å²) in [7, 11) is 1.88. The molecule has 0 atom stereocenters. The minimum absolute atomic E-state index is 0.279. The van der Waals surface area contributed by atoms with Crippen molar-refractivity contribution < 1.29 is 4.52 Å². The fourth-order valence-electron chi connectivity index (χ4n) is 1.89. The number of nitrogens with two attached hydrogens (primary N) is 1. The standard InChI is InChI=1S/C11H16N4O/c1-6(2)9-10(14-16-11(9)12)8-5-15(4)13-7(8)3/h5-6H,12H2,1-4H3. The Morgan fingerprint density at radius 3 is 2.62 bits per heavy atom. The molecule has 5 heteroatoms. The van der Waals surface area contributed by atoms with E-state index in [1.54, 1.807) is 4.68 Å². The van der Waals surface area contributed by atoms with Gasteiger partial charge in [-0.2, -0.15) is 5.10 Å². The van der Waals surface area contributed by atoms with Crippen LogP contribution in [0.2, 0.25) is 0 Å². The normalized spacial score (nSPS) is 11.3. The van der Waals surface area contributed by atoms with Crippen LogP contribution in [0.5, 0.6) is 0 Å². The molecule has 0 aliphatic heterocycles. The molecule has 2 aromatic rings. The van der Waals surface area contributed by atoms with Gasteiger partial charge in [0.15, 0.2) is 0 Å². The number of nitrogens with zero attached hydrogens (tertiary/aromatic N) is 3. The first-order valence-corrected chi connectivity index (χ1v) is 5.26. The van der Waals surface area contributed by atoms with E-state index in [1.807, 2.05) is 20.2 Å². The van der Waals surface area contributed by atoms with Crippen LogP contribution in [0.1, 0.15) is 31.0 Å². The predicted molar refractivity (Wildman–Crippen MR) is 61.9 cm³/mol. The summed E-state index contributed by atoms with van der Waals surface area (Å²) >= 11 is 0. The summed E-state index contributed by atoms with van der Waals surface area (Å²) in [5.41, 5.74) is 9.45. The zero-order valence-electron chi connectivity index (χ0n) is 9.98. The van der Waals surface area contributed by atoms with Gasteiger partial charge in [0, 0.05) is 24.4 Å². The molecule has 0 saturated carbocycles. The molecular formula is C11H16N4O. The Hall–Kier alpha value is -1.78. The van der Waals surface area contributed by atoms with Crippen LogP contribution in [0.25, 0.3) is 11.3 Å². The average Bonchev–Trinajstić information content (AvgIpc) is 2.69. The monoisotopic (exact) mass is 220 g/mol. The summed E-state index contributed by atoms with van der Waals surface area (Å²) in [6, 6.07) is 0. The molecular weight excluding hydrogens is 204 g/mol. The molecule has 16 heavy (non-hydrogen) atoms. The molecule has 0 fully saturated rings. The van der Waals surface area contributed by atoms with Crippen LogP contribution < -0.4 is 5.73 Å². The Labute approximate surface area is 94.2 Å². The Morgan fingerprint density at radius 1 is 1.44 bits per heavy atom. The summed E-state index contributed by atoms with van der Waals surface area (Å²) in [5.74, 6) is 0.675. The summed E-state index contributed by atoms with van der Waals surface area (Å²) < 4.78 is 6.83. The Morgan fingerprint density at radius 2 is 2.12 bits per heavy atom. The van der Waals surface area contributed by atoms with Gasteiger partial charge in [-0.15, -0.1) is 0 Å². The third-order valence-corrected chi connectivity index (χ3v) is 2.60. The highest BCUT2D eigenvalue weighted by atomic mass is 16.5. The van der Waals surface area contributed by atoms with Crippen LogP contribution in [-0.4, -0.2) is 14.9 Å². The largest absolute Gasteiger partial charge is 0.367 e. The van der Waals surface area contributed by atoms with Crippen LogP contribution in [0, 0.1) is 6.92 Å². The van der Waals surface area contributed by atoms with Crippen molar-refractivity contribution in [2.75, 3.05) is 5.73 Å². The summed E-state index contributed by atoms with van der Waals surface area (Å²) in [4.78, 5) is 0. The van der Waals surface area contributed by atoms with Crippen molar-refractivity contribution in [2.45, 2.75) is 26.7 Å². The molecule has 5 nitrogen and oxygen atoms in total. The summed E-state index contributed by atoms with van der Waals surface area (Å²) in [5, 5.41) is 8.32. The van der Waals surface area contributed by atoms with Gasteiger partial charge in [-0.05, 0) is 12.8 Å². The van der Waals surface area contributed by atoms with E-state index < -0.39 is 0 Å². The first-order valence-electron chi connectivity index (χ1n) is 5.26. The quantitative estimate of drug-likeness (QED) is 0.841. The van der Waals surface area contributed by atoms with Gasteiger partial charge < -0.3 is 10.3 Å². The molecule has 2 aromatic heterocycles. The first-order chi connectivity index (χ1) is 7.50. The maximum absolute atomic E-state index is 5.78. The van der Waals surface area contributed by atoms with Gasteiger partial charge >= 0.3 is 0 Å². The maximum Gasteiger partial charge on any atom is 0.226 e. The number of hydrogen-bond donors (Lipinski definition) is 1. The molecule has 0 spiro atoms.